The second kappa shape index (κ2) is 3.72. The molecule has 98 valence electrons. The Morgan fingerprint density at radius 3 is 2.89 bits per heavy atom. The van der Waals surface area contributed by atoms with E-state index in [1.54, 1.807) is 0 Å². The lowest BCUT2D eigenvalue weighted by molar-refractivity contribution is 0.0844. The SMILES string of the molecule is CCC12CCCc3c1n(c1ccccc31)C(=O)CC2. The number of aryl methyl sites for hydroxylation is 1. The third-order valence-corrected chi connectivity index (χ3v) is 5.31. The van der Waals surface area contributed by atoms with Crippen LogP contribution in [0.5, 0.6) is 0 Å². The van der Waals surface area contributed by atoms with Crippen LogP contribution in [0.1, 0.15) is 55.1 Å². The highest BCUT2D eigenvalue weighted by Crippen LogP contribution is 2.49. The largest absolute Gasteiger partial charge is 0.283 e. The molecule has 0 saturated heterocycles. The molecule has 4 rings (SSSR count). The molecule has 2 aliphatic rings. The minimum Gasteiger partial charge on any atom is -0.283 e. The third kappa shape index (κ3) is 1.29. The Morgan fingerprint density at radius 2 is 2.05 bits per heavy atom. The number of aromatic nitrogens is 1. The summed E-state index contributed by atoms with van der Waals surface area (Å²) in [7, 11) is 0. The molecular weight excluding hydrogens is 234 g/mol. The van der Waals surface area contributed by atoms with Crippen LogP contribution in [0.15, 0.2) is 24.3 Å². The normalized spacial score (nSPS) is 25.6. The van der Waals surface area contributed by atoms with Gasteiger partial charge in [0.05, 0.1) is 5.52 Å². The molecule has 2 heterocycles. The highest BCUT2D eigenvalue weighted by molar-refractivity contribution is 5.97. The zero-order valence-corrected chi connectivity index (χ0v) is 11.4. The summed E-state index contributed by atoms with van der Waals surface area (Å²) in [6, 6.07) is 8.44. The Bertz CT molecular complexity index is 682. The van der Waals surface area contributed by atoms with Crippen LogP contribution in [0.25, 0.3) is 10.9 Å². The molecule has 0 N–H and O–H groups in total. The van der Waals surface area contributed by atoms with Crippen molar-refractivity contribution in [2.75, 3.05) is 0 Å². The summed E-state index contributed by atoms with van der Waals surface area (Å²) < 4.78 is 2.05. The van der Waals surface area contributed by atoms with Crippen molar-refractivity contribution in [3.63, 3.8) is 0 Å². The van der Waals surface area contributed by atoms with Crippen LogP contribution in [0.3, 0.4) is 0 Å². The van der Waals surface area contributed by atoms with Gasteiger partial charge in [-0.1, -0.05) is 25.1 Å². The average Bonchev–Trinajstić information content (AvgIpc) is 2.80. The molecule has 1 unspecified atom stereocenters. The van der Waals surface area contributed by atoms with Crippen molar-refractivity contribution in [3.05, 3.63) is 35.5 Å². The standard InChI is InChI=1S/C17H19NO/c1-2-17-10-5-7-13-12-6-3-4-8-14(12)18(16(13)17)15(19)9-11-17/h3-4,6,8H,2,5,7,9-11H2,1H3. The van der Waals surface area contributed by atoms with E-state index in [0.29, 0.717) is 12.3 Å². The number of para-hydroxylation sites is 1. The summed E-state index contributed by atoms with van der Waals surface area (Å²) in [4.78, 5) is 12.4. The molecule has 2 aromatic rings. The third-order valence-electron chi connectivity index (χ3n) is 5.31. The maximum Gasteiger partial charge on any atom is 0.231 e. The first-order chi connectivity index (χ1) is 9.27. The molecular formula is C17H19NO. The van der Waals surface area contributed by atoms with Gasteiger partial charge in [-0.3, -0.25) is 9.36 Å². The molecule has 19 heavy (non-hydrogen) atoms. The minimum atomic E-state index is 0.264. The molecule has 1 aliphatic heterocycles. The van der Waals surface area contributed by atoms with E-state index in [1.165, 1.54) is 29.5 Å². The predicted octanol–water partition coefficient (Wildman–Crippen LogP) is 4.06. The first-order valence-electron chi connectivity index (χ1n) is 7.43. The Morgan fingerprint density at radius 1 is 1.21 bits per heavy atom. The van der Waals surface area contributed by atoms with Crippen LogP contribution in [0, 0.1) is 0 Å². The van der Waals surface area contributed by atoms with Crippen molar-refractivity contribution < 1.29 is 4.79 Å². The summed E-state index contributed by atoms with van der Waals surface area (Å²) in [5.74, 6) is 0.295. The summed E-state index contributed by atoms with van der Waals surface area (Å²) >= 11 is 0. The van der Waals surface area contributed by atoms with Gasteiger partial charge in [0, 0.05) is 22.9 Å². The Labute approximate surface area is 113 Å². The van der Waals surface area contributed by atoms with Crippen LogP contribution in [0.4, 0.5) is 0 Å². The highest BCUT2D eigenvalue weighted by Gasteiger charge is 2.43. The van der Waals surface area contributed by atoms with Crippen molar-refractivity contribution in [3.8, 4) is 0 Å². The number of nitrogens with zero attached hydrogens (tertiary/aromatic N) is 1. The van der Waals surface area contributed by atoms with Gasteiger partial charge < -0.3 is 0 Å². The van der Waals surface area contributed by atoms with E-state index >= 15 is 0 Å². The predicted molar refractivity (Wildman–Crippen MR) is 76.7 cm³/mol. The number of carbonyl (C=O) groups excluding carboxylic acids is 1. The van der Waals surface area contributed by atoms with Crippen molar-refractivity contribution in [1.29, 1.82) is 0 Å². The molecule has 2 heteroatoms. The summed E-state index contributed by atoms with van der Waals surface area (Å²) in [5.41, 5.74) is 4.22. The smallest absolute Gasteiger partial charge is 0.231 e. The van der Waals surface area contributed by atoms with Crippen molar-refractivity contribution in [2.24, 2.45) is 0 Å². The second-order valence-electron chi connectivity index (χ2n) is 6.06. The van der Waals surface area contributed by atoms with Gasteiger partial charge >= 0.3 is 0 Å². The molecule has 0 saturated carbocycles. The van der Waals surface area contributed by atoms with E-state index in [9.17, 15) is 4.79 Å². The lowest BCUT2D eigenvalue weighted by atomic mass is 9.67. The molecule has 0 amide bonds. The maximum absolute atomic E-state index is 12.4. The van der Waals surface area contributed by atoms with Gasteiger partial charge in [0.1, 0.15) is 0 Å². The van der Waals surface area contributed by atoms with Gasteiger partial charge in [-0.15, -0.1) is 0 Å². The molecule has 0 bridgehead atoms. The fraction of sp³-hybridized carbons (Fsp3) is 0.471. The number of carbonyl (C=O) groups is 1. The summed E-state index contributed by atoms with van der Waals surface area (Å²) in [5, 5.41) is 1.31. The minimum absolute atomic E-state index is 0.264. The van der Waals surface area contributed by atoms with Crippen molar-refractivity contribution in [1.82, 2.24) is 4.57 Å². The molecule has 1 aromatic heterocycles. The second-order valence-corrected chi connectivity index (χ2v) is 6.06. The van der Waals surface area contributed by atoms with Crippen LogP contribution >= 0.6 is 0 Å². The molecule has 2 nitrogen and oxygen atoms in total. The lowest BCUT2D eigenvalue weighted by Gasteiger charge is -2.41. The van der Waals surface area contributed by atoms with E-state index < -0.39 is 0 Å². The molecule has 0 fully saturated rings. The lowest BCUT2D eigenvalue weighted by Crippen LogP contribution is -2.39. The highest BCUT2D eigenvalue weighted by atomic mass is 16.2. The van der Waals surface area contributed by atoms with Crippen molar-refractivity contribution >= 4 is 16.8 Å². The fourth-order valence-electron chi connectivity index (χ4n) is 4.32. The number of rotatable bonds is 1. The molecule has 1 aliphatic carbocycles. The molecule has 0 spiro atoms. The first kappa shape index (κ1) is 11.3. The van der Waals surface area contributed by atoms with Gasteiger partial charge in [-0.25, -0.2) is 0 Å². The number of benzene rings is 1. The van der Waals surface area contributed by atoms with Gasteiger partial charge in [0.15, 0.2) is 0 Å². The van der Waals surface area contributed by atoms with Crippen molar-refractivity contribution in [2.45, 2.75) is 50.9 Å². The van der Waals surface area contributed by atoms with Crippen LogP contribution in [0.2, 0.25) is 0 Å². The quantitative estimate of drug-likeness (QED) is 0.751. The maximum atomic E-state index is 12.4. The van der Waals surface area contributed by atoms with E-state index in [2.05, 4.69) is 29.7 Å². The van der Waals surface area contributed by atoms with E-state index in [4.69, 9.17) is 0 Å². The van der Waals surface area contributed by atoms with Gasteiger partial charge in [-0.05, 0) is 43.7 Å². The Balaban J connectivity index is 2.16. The Hall–Kier alpha value is -1.57. The molecule has 0 radical (unpaired) electrons. The van der Waals surface area contributed by atoms with Crippen LogP contribution in [-0.2, 0) is 11.8 Å². The van der Waals surface area contributed by atoms with E-state index in [0.717, 1.165) is 24.8 Å². The zero-order valence-electron chi connectivity index (χ0n) is 11.4. The molecule has 1 atom stereocenters. The average molecular weight is 253 g/mol. The van der Waals surface area contributed by atoms with E-state index in [1.807, 2.05) is 6.07 Å². The van der Waals surface area contributed by atoms with E-state index in [-0.39, 0.29) is 5.41 Å². The van der Waals surface area contributed by atoms with Crippen LogP contribution in [-0.4, -0.2) is 10.5 Å². The van der Waals surface area contributed by atoms with Gasteiger partial charge in [0.25, 0.3) is 0 Å². The summed E-state index contributed by atoms with van der Waals surface area (Å²) in [6.45, 7) is 2.28. The summed E-state index contributed by atoms with van der Waals surface area (Å²) in [6.07, 6.45) is 6.56. The number of hydrogen-bond acceptors (Lipinski definition) is 1. The van der Waals surface area contributed by atoms with Gasteiger partial charge in [0.2, 0.25) is 5.91 Å². The van der Waals surface area contributed by atoms with Gasteiger partial charge in [-0.2, -0.15) is 0 Å². The zero-order chi connectivity index (χ0) is 13.0. The number of hydrogen-bond donors (Lipinski definition) is 0. The topological polar surface area (TPSA) is 22.0 Å². The number of fused-ring (bicyclic) bond motifs is 3. The first-order valence-corrected chi connectivity index (χ1v) is 7.43. The van der Waals surface area contributed by atoms with Crippen LogP contribution < -0.4 is 0 Å². The molecule has 1 aromatic carbocycles. The monoisotopic (exact) mass is 253 g/mol. The fourth-order valence-corrected chi connectivity index (χ4v) is 4.32. The Kier molecular flexibility index (Phi) is 2.21.